The van der Waals surface area contributed by atoms with Crippen molar-refractivity contribution in [2.45, 2.75) is 25.5 Å². The number of hydrogen-bond acceptors (Lipinski definition) is 5. The average Bonchev–Trinajstić information content (AvgIpc) is 2.45. The maximum absolute atomic E-state index is 13.4. The van der Waals surface area contributed by atoms with Crippen molar-refractivity contribution in [3.63, 3.8) is 0 Å². The maximum Gasteiger partial charge on any atom is 0.230 e. The molecule has 22 heavy (non-hydrogen) atoms. The van der Waals surface area contributed by atoms with E-state index < -0.39 is 0 Å². The summed E-state index contributed by atoms with van der Waals surface area (Å²) in [5.41, 5.74) is 7.68. The molecule has 1 aromatic heterocycles. The van der Waals surface area contributed by atoms with Gasteiger partial charge in [-0.15, -0.1) is 0 Å². The quantitative estimate of drug-likeness (QED) is 0.652. The number of nitrogens with zero attached hydrogens (tertiary/aromatic N) is 2. The SMILES string of the molecule is Cc1cc(N)nc(SCC(=O)NCc2ccc(C)c(F)c2)n1. The first kappa shape index (κ1) is 16.2. The molecule has 2 aromatic rings. The van der Waals surface area contributed by atoms with Gasteiger partial charge in [-0.1, -0.05) is 23.9 Å². The number of hydrogen-bond donors (Lipinski definition) is 2. The molecule has 116 valence electrons. The van der Waals surface area contributed by atoms with Gasteiger partial charge in [-0.3, -0.25) is 4.79 Å². The minimum absolute atomic E-state index is 0.172. The fraction of sp³-hybridized carbons (Fsp3) is 0.267. The number of benzene rings is 1. The lowest BCUT2D eigenvalue weighted by molar-refractivity contribution is -0.118. The van der Waals surface area contributed by atoms with Gasteiger partial charge in [0.2, 0.25) is 5.91 Å². The predicted molar refractivity (Wildman–Crippen MR) is 84.9 cm³/mol. The summed E-state index contributed by atoms with van der Waals surface area (Å²) in [6.45, 7) is 3.80. The molecule has 0 spiro atoms. The number of halogens is 1. The van der Waals surface area contributed by atoms with Crippen molar-refractivity contribution in [1.29, 1.82) is 0 Å². The molecule has 0 aliphatic rings. The molecule has 2 rings (SSSR count). The van der Waals surface area contributed by atoms with Gasteiger partial charge < -0.3 is 11.1 Å². The smallest absolute Gasteiger partial charge is 0.230 e. The van der Waals surface area contributed by atoms with E-state index in [0.717, 1.165) is 11.3 Å². The number of amides is 1. The van der Waals surface area contributed by atoms with Crippen LogP contribution in [0.3, 0.4) is 0 Å². The van der Waals surface area contributed by atoms with Crippen molar-refractivity contribution in [3.05, 3.63) is 46.9 Å². The van der Waals surface area contributed by atoms with Crippen molar-refractivity contribution < 1.29 is 9.18 Å². The largest absolute Gasteiger partial charge is 0.384 e. The van der Waals surface area contributed by atoms with Crippen LogP contribution in [0.4, 0.5) is 10.2 Å². The Morgan fingerprint density at radius 2 is 2.09 bits per heavy atom. The third-order valence-electron chi connectivity index (χ3n) is 2.91. The summed E-state index contributed by atoms with van der Waals surface area (Å²) in [5, 5.41) is 3.20. The van der Waals surface area contributed by atoms with E-state index >= 15 is 0 Å². The molecule has 0 atom stereocenters. The molecule has 0 unspecified atom stereocenters. The van der Waals surface area contributed by atoms with Crippen LogP contribution < -0.4 is 11.1 Å². The molecule has 0 fully saturated rings. The number of nitrogens with two attached hydrogens (primary N) is 1. The fourth-order valence-corrected chi connectivity index (χ4v) is 2.50. The summed E-state index contributed by atoms with van der Waals surface area (Å²) in [4.78, 5) is 20.0. The van der Waals surface area contributed by atoms with E-state index in [1.54, 1.807) is 25.1 Å². The summed E-state index contributed by atoms with van der Waals surface area (Å²) in [6.07, 6.45) is 0. The van der Waals surface area contributed by atoms with E-state index in [0.29, 0.717) is 16.5 Å². The molecule has 0 aliphatic heterocycles. The van der Waals surface area contributed by atoms with E-state index in [2.05, 4.69) is 15.3 Å². The van der Waals surface area contributed by atoms with Crippen LogP contribution in [0.1, 0.15) is 16.8 Å². The molecule has 3 N–H and O–H groups in total. The van der Waals surface area contributed by atoms with Crippen molar-refractivity contribution >= 4 is 23.5 Å². The maximum atomic E-state index is 13.4. The van der Waals surface area contributed by atoms with Gasteiger partial charge in [0.05, 0.1) is 5.75 Å². The van der Waals surface area contributed by atoms with Crippen LogP contribution in [0.2, 0.25) is 0 Å². The average molecular weight is 320 g/mol. The summed E-state index contributed by atoms with van der Waals surface area (Å²) in [6, 6.07) is 6.56. The molecule has 0 saturated heterocycles. The van der Waals surface area contributed by atoms with Gasteiger partial charge in [0.25, 0.3) is 0 Å². The van der Waals surface area contributed by atoms with Crippen molar-refractivity contribution in [2.24, 2.45) is 0 Å². The van der Waals surface area contributed by atoms with Crippen molar-refractivity contribution in [1.82, 2.24) is 15.3 Å². The van der Waals surface area contributed by atoms with Crippen LogP contribution in [0.5, 0.6) is 0 Å². The van der Waals surface area contributed by atoms with Crippen LogP contribution in [-0.4, -0.2) is 21.6 Å². The number of rotatable bonds is 5. The summed E-state index contributed by atoms with van der Waals surface area (Å²) >= 11 is 1.21. The third-order valence-corrected chi connectivity index (χ3v) is 3.76. The zero-order chi connectivity index (χ0) is 16.1. The van der Waals surface area contributed by atoms with Gasteiger partial charge in [-0.25, -0.2) is 14.4 Å². The second kappa shape index (κ2) is 7.22. The molecule has 0 aliphatic carbocycles. The lowest BCUT2D eigenvalue weighted by Gasteiger charge is -2.06. The molecule has 1 heterocycles. The number of aromatic nitrogens is 2. The highest BCUT2D eigenvalue weighted by Gasteiger charge is 2.07. The number of nitrogens with one attached hydrogen (secondary N) is 1. The van der Waals surface area contributed by atoms with Crippen molar-refractivity contribution in [2.75, 3.05) is 11.5 Å². The lowest BCUT2D eigenvalue weighted by Crippen LogP contribution is -2.24. The van der Waals surface area contributed by atoms with Gasteiger partial charge in [-0.2, -0.15) is 0 Å². The Bertz CT molecular complexity index is 673. The minimum Gasteiger partial charge on any atom is -0.384 e. The van der Waals surface area contributed by atoms with E-state index in [9.17, 15) is 9.18 Å². The Labute approximate surface area is 132 Å². The second-order valence-electron chi connectivity index (χ2n) is 4.87. The first-order valence-electron chi connectivity index (χ1n) is 6.70. The Kier molecular flexibility index (Phi) is 5.32. The summed E-state index contributed by atoms with van der Waals surface area (Å²) < 4.78 is 13.4. The molecule has 7 heteroatoms. The molecule has 0 bridgehead atoms. The summed E-state index contributed by atoms with van der Waals surface area (Å²) in [5.74, 6) is 0.113. The zero-order valence-corrected chi connectivity index (χ0v) is 13.2. The van der Waals surface area contributed by atoms with Crippen LogP contribution in [0.15, 0.2) is 29.4 Å². The Balaban J connectivity index is 1.84. The fourth-order valence-electron chi connectivity index (χ4n) is 1.76. The third kappa shape index (κ3) is 4.70. The van der Waals surface area contributed by atoms with Gasteiger partial charge >= 0.3 is 0 Å². The topological polar surface area (TPSA) is 80.9 Å². The van der Waals surface area contributed by atoms with E-state index in [1.165, 1.54) is 17.8 Å². The molecule has 0 radical (unpaired) electrons. The molecular weight excluding hydrogens is 303 g/mol. The first-order valence-corrected chi connectivity index (χ1v) is 7.68. The normalized spacial score (nSPS) is 10.5. The predicted octanol–water partition coefficient (Wildman–Crippen LogP) is 2.22. The van der Waals surface area contributed by atoms with E-state index in [-0.39, 0.29) is 24.0 Å². The first-order chi connectivity index (χ1) is 10.4. The van der Waals surface area contributed by atoms with Gasteiger partial charge in [0, 0.05) is 18.3 Å². The number of anilines is 1. The standard InChI is InChI=1S/C15H17FN4OS/c1-9-3-4-11(6-12(9)16)7-18-14(21)8-22-15-19-10(2)5-13(17)20-15/h3-6H,7-8H2,1-2H3,(H,18,21)(H2,17,19,20). The number of nitrogen functional groups attached to an aromatic ring is 1. The summed E-state index contributed by atoms with van der Waals surface area (Å²) in [7, 11) is 0. The Morgan fingerprint density at radius 3 is 2.77 bits per heavy atom. The van der Waals surface area contributed by atoms with Gasteiger partial charge in [0.15, 0.2) is 5.16 Å². The molecule has 5 nitrogen and oxygen atoms in total. The Hall–Kier alpha value is -2.15. The number of carbonyl (C=O) groups is 1. The van der Waals surface area contributed by atoms with Crippen LogP contribution in [0.25, 0.3) is 0 Å². The lowest BCUT2D eigenvalue weighted by atomic mass is 10.1. The van der Waals surface area contributed by atoms with E-state index in [4.69, 9.17) is 5.73 Å². The van der Waals surface area contributed by atoms with Crippen molar-refractivity contribution in [3.8, 4) is 0 Å². The van der Waals surface area contributed by atoms with Crippen LogP contribution in [0, 0.1) is 19.7 Å². The van der Waals surface area contributed by atoms with Crippen LogP contribution in [-0.2, 0) is 11.3 Å². The molecule has 1 aromatic carbocycles. The number of aryl methyl sites for hydroxylation is 2. The molecule has 0 saturated carbocycles. The second-order valence-corrected chi connectivity index (χ2v) is 5.81. The highest BCUT2D eigenvalue weighted by Crippen LogP contribution is 2.15. The van der Waals surface area contributed by atoms with Crippen LogP contribution >= 0.6 is 11.8 Å². The highest BCUT2D eigenvalue weighted by atomic mass is 32.2. The van der Waals surface area contributed by atoms with E-state index in [1.807, 2.05) is 6.92 Å². The number of thioether (sulfide) groups is 1. The Morgan fingerprint density at radius 1 is 1.32 bits per heavy atom. The number of carbonyl (C=O) groups excluding carboxylic acids is 1. The monoisotopic (exact) mass is 320 g/mol. The zero-order valence-electron chi connectivity index (χ0n) is 12.4. The molecular formula is C15H17FN4OS. The molecule has 1 amide bonds. The van der Waals surface area contributed by atoms with Gasteiger partial charge in [0.1, 0.15) is 11.6 Å². The minimum atomic E-state index is -0.273. The highest BCUT2D eigenvalue weighted by molar-refractivity contribution is 7.99. The van der Waals surface area contributed by atoms with Gasteiger partial charge in [-0.05, 0) is 31.0 Å².